The van der Waals surface area contributed by atoms with E-state index >= 15 is 0 Å². The lowest BCUT2D eigenvalue weighted by molar-refractivity contribution is -0.152. The van der Waals surface area contributed by atoms with Crippen molar-refractivity contribution < 1.29 is 23.8 Å². The molecule has 0 fully saturated rings. The zero-order chi connectivity index (χ0) is 23.6. The number of rotatable bonds is 10. The number of carbonyl (C=O) groups is 2. The van der Waals surface area contributed by atoms with E-state index in [1.54, 1.807) is 6.92 Å². The first-order valence-corrected chi connectivity index (χ1v) is 13.4. The van der Waals surface area contributed by atoms with Crippen molar-refractivity contribution in [2.24, 2.45) is 0 Å². The topological polar surface area (TPSA) is 61.8 Å². The number of hydrogen-bond donors (Lipinski definition) is 0. The Balaban J connectivity index is 1.59. The molecule has 5 nitrogen and oxygen atoms in total. The molecule has 3 aromatic rings. The monoisotopic (exact) mass is 641 g/mol. The second-order valence-corrected chi connectivity index (χ2v) is 11.6. The first-order chi connectivity index (χ1) is 15.9. The van der Waals surface area contributed by atoms with Crippen LogP contribution < -0.4 is 4.74 Å². The summed E-state index contributed by atoms with van der Waals surface area (Å²) in [5.41, 5.74) is 0. The molecule has 3 rings (SSSR count). The Morgan fingerprint density at radius 1 is 0.848 bits per heavy atom. The van der Waals surface area contributed by atoms with Crippen LogP contribution in [-0.4, -0.2) is 35.7 Å². The molecular weight excluding hydrogens is 619 g/mol. The number of carbonyl (C=O) groups excluding carboxylic acids is 2. The fourth-order valence-corrected chi connectivity index (χ4v) is 5.31. The third-order valence-electron chi connectivity index (χ3n) is 4.36. The van der Waals surface area contributed by atoms with Crippen molar-refractivity contribution in [3.05, 3.63) is 83.3 Å². The smallest absolute Gasteiger partial charge is 0.344 e. The number of hydrogen-bond acceptors (Lipinski definition) is 5. The van der Waals surface area contributed by atoms with E-state index in [4.69, 9.17) is 14.2 Å². The highest BCUT2D eigenvalue weighted by Crippen LogP contribution is 2.32. The zero-order valence-corrected chi connectivity index (χ0v) is 22.5. The summed E-state index contributed by atoms with van der Waals surface area (Å²) in [6.07, 6.45) is 0. The van der Waals surface area contributed by atoms with Crippen LogP contribution in [0.2, 0.25) is 0 Å². The summed E-state index contributed by atoms with van der Waals surface area (Å²) in [5, 5.41) is 0. The Hall–Kier alpha value is -2.04. The van der Waals surface area contributed by atoms with Gasteiger partial charge in [-0.1, -0.05) is 56.7 Å². The predicted octanol–water partition coefficient (Wildman–Crippen LogP) is 5.83. The molecule has 33 heavy (non-hydrogen) atoms. The molecule has 0 spiro atoms. The van der Waals surface area contributed by atoms with E-state index in [9.17, 15) is 9.59 Å². The summed E-state index contributed by atoms with van der Waals surface area (Å²) >= 11 is 5.47. The molecule has 0 saturated heterocycles. The molecule has 0 bridgehead atoms. The highest BCUT2D eigenvalue weighted by atomic mass is 127. The van der Waals surface area contributed by atoms with Crippen LogP contribution >= 0.6 is 38.5 Å². The van der Waals surface area contributed by atoms with E-state index in [1.807, 2.05) is 77.2 Å². The van der Waals surface area contributed by atoms with Crippen LogP contribution in [0.1, 0.15) is 6.92 Å². The average Bonchev–Trinajstić information content (AvgIpc) is 2.83. The van der Waals surface area contributed by atoms with Gasteiger partial charge in [-0.15, -0.1) is 0 Å². The minimum absolute atomic E-state index is 0.00327. The van der Waals surface area contributed by atoms with Crippen molar-refractivity contribution in [3.8, 4) is 5.75 Å². The maximum Gasteiger partial charge on any atom is 0.344 e. The van der Waals surface area contributed by atoms with E-state index in [-0.39, 0.29) is 40.6 Å². The molecule has 0 aliphatic rings. The Morgan fingerprint density at radius 3 is 2.00 bits per heavy atom. The molecule has 8 heteroatoms. The molecule has 0 saturated carbocycles. The Kier molecular flexibility index (Phi) is 10.1. The van der Waals surface area contributed by atoms with Gasteiger partial charge in [0.2, 0.25) is 0 Å². The molecule has 0 amide bonds. The predicted molar refractivity (Wildman–Crippen MR) is 140 cm³/mol. The summed E-state index contributed by atoms with van der Waals surface area (Å²) in [4.78, 5) is 26.8. The van der Waals surface area contributed by atoms with Crippen LogP contribution in [-0.2, 0) is 30.0 Å². The number of ether oxygens (including phenoxy) is 3. The number of esters is 2. The van der Waals surface area contributed by atoms with E-state index in [0.29, 0.717) is 5.75 Å². The largest absolute Gasteiger partial charge is 0.482 e. The second kappa shape index (κ2) is 13.0. The normalized spacial score (nSPS) is 12.5. The van der Waals surface area contributed by atoms with E-state index in [1.165, 1.54) is 9.79 Å². The maximum absolute atomic E-state index is 11.9. The Morgan fingerprint density at radius 2 is 1.39 bits per heavy atom. The molecule has 0 radical (unpaired) electrons. The summed E-state index contributed by atoms with van der Waals surface area (Å²) in [5.74, 6) is -0.273. The van der Waals surface area contributed by atoms with Crippen LogP contribution in [0.4, 0.5) is 0 Å². The SMILES string of the molecule is CC(I)C(=O)OCCOC(=O)COc1ccc([S+](c2ccccc2)c2ccc(Br)cc2)cc1. The van der Waals surface area contributed by atoms with Crippen LogP contribution in [0.15, 0.2) is 98.0 Å². The van der Waals surface area contributed by atoms with Gasteiger partial charge in [-0.3, -0.25) is 4.79 Å². The average molecular weight is 642 g/mol. The van der Waals surface area contributed by atoms with Crippen molar-refractivity contribution in [1.82, 2.24) is 0 Å². The van der Waals surface area contributed by atoms with Crippen LogP contribution in [0.5, 0.6) is 5.75 Å². The minimum Gasteiger partial charge on any atom is -0.482 e. The van der Waals surface area contributed by atoms with Crippen molar-refractivity contribution in [2.45, 2.75) is 25.5 Å². The van der Waals surface area contributed by atoms with E-state index in [2.05, 4.69) is 40.2 Å². The summed E-state index contributed by atoms with van der Waals surface area (Å²) in [7, 11) is -0.267. The van der Waals surface area contributed by atoms with Gasteiger partial charge in [0.15, 0.2) is 21.3 Å². The first kappa shape index (κ1) is 25.6. The Bertz CT molecular complexity index is 1040. The quantitative estimate of drug-likeness (QED) is 0.0916. The van der Waals surface area contributed by atoms with Gasteiger partial charge in [-0.05, 0) is 67.6 Å². The van der Waals surface area contributed by atoms with Gasteiger partial charge in [0.25, 0.3) is 0 Å². The van der Waals surface area contributed by atoms with Gasteiger partial charge in [0.1, 0.15) is 22.9 Å². The molecule has 0 aromatic heterocycles. The summed E-state index contributed by atoms with van der Waals surface area (Å²) in [6.45, 7) is 1.55. The molecule has 3 aromatic carbocycles. The molecule has 0 aliphatic heterocycles. The standard InChI is InChI=1S/C25H23BrIO5S/c1-18(27)25(29)31-16-15-30-24(28)17-32-20-9-13-23(14-10-20)33(21-5-3-2-4-6-21)22-11-7-19(26)8-12-22/h2-14,18H,15-17H2,1H3/q+1. The number of halogens is 2. The van der Waals surface area contributed by atoms with Crippen molar-refractivity contribution in [2.75, 3.05) is 19.8 Å². The number of benzene rings is 3. The first-order valence-electron chi connectivity index (χ1n) is 10.2. The van der Waals surface area contributed by atoms with Crippen molar-refractivity contribution in [3.63, 3.8) is 0 Å². The van der Waals surface area contributed by atoms with Crippen LogP contribution in [0, 0.1) is 0 Å². The van der Waals surface area contributed by atoms with Crippen molar-refractivity contribution >= 4 is 61.4 Å². The van der Waals surface area contributed by atoms with Gasteiger partial charge in [-0.25, -0.2) is 4.79 Å². The molecule has 2 atom stereocenters. The van der Waals surface area contributed by atoms with Gasteiger partial charge in [0, 0.05) is 4.47 Å². The van der Waals surface area contributed by atoms with Gasteiger partial charge < -0.3 is 14.2 Å². The van der Waals surface area contributed by atoms with Crippen molar-refractivity contribution in [1.29, 1.82) is 0 Å². The lowest BCUT2D eigenvalue weighted by Gasteiger charge is -2.10. The maximum atomic E-state index is 11.9. The second-order valence-electron chi connectivity index (χ2n) is 6.84. The fraction of sp³-hybridized carbons (Fsp3) is 0.200. The molecular formula is C25H23BrIO5S+. The number of alkyl halides is 1. The summed E-state index contributed by atoms with van der Waals surface area (Å²) < 4.78 is 16.4. The highest BCUT2D eigenvalue weighted by molar-refractivity contribution is 14.1. The zero-order valence-electron chi connectivity index (χ0n) is 17.9. The fourth-order valence-electron chi connectivity index (χ4n) is 2.80. The summed E-state index contributed by atoms with van der Waals surface area (Å²) in [6, 6.07) is 26.4. The van der Waals surface area contributed by atoms with Crippen LogP contribution in [0.3, 0.4) is 0 Å². The molecule has 0 heterocycles. The third kappa shape index (κ3) is 8.04. The molecule has 0 N–H and O–H groups in total. The highest BCUT2D eigenvalue weighted by Gasteiger charge is 2.28. The van der Waals surface area contributed by atoms with Gasteiger partial charge in [0.05, 0.1) is 10.9 Å². The Labute approximate surface area is 218 Å². The lowest BCUT2D eigenvalue weighted by atomic mass is 10.3. The third-order valence-corrected chi connectivity index (χ3v) is 7.63. The molecule has 2 unspecified atom stereocenters. The van der Waals surface area contributed by atoms with E-state index in [0.717, 1.165) is 9.37 Å². The molecule has 172 valence electrons. The minimum atomic E-state index is -0.517. The van der Waals surface area contributed by atoms with Gasteiger partial charge in [-0.2, -0.15) is 0 Å². The van der Waals surface area contributed by atoms with Crippen LogP contribution in [0.25, 0.3) is 0 Å². The molecule has 0 aliphatic carbocycles. The van der Waals surface area contributed by atoms with E-state index < -0.39 is 5.97 Å². The van der Waals surface area contributed by atoms with Gasteiger partial charge >= 0.3 is 11.9 Å². The lowest BCUT2D eigenvalue weighted by Crippen LogP contribution is -2.20.